The van der Waals surface area contributed by atoms with Crippen LogP contribution in [0.1, 0.15) is 13.3 Å². The molecule has 1 fully saturated rings. The summed E-state index contributed by atoms with van der Waals surface area (Å²) in [6.45, 7) is 3.94. The number of methoxy groups -OCH3 is 1. The highest BCUT2D eigenvalue weighted by Crippen LogP contribution is 2.30. The predicted molar refractivity (Wildman–Crippen MR) is 86.3 cm³/mol. The molecule has 1 aromatic carbocycles. The smallest absolute Gasteiger partial charge is 0.171 e. The lowest BCUT2D eigenvalue weighted by Gasteiger charge is -2.30. The van der Waals surface area contributed by atoms with Gasteiger partial charge in [0.2, 0.25) is 0 Å². The van der Waals surface area contributed by atoms with E-state index < -0.39 is 5.79 Å². The van der Waals surface area contributed by atoms with E-state index in [0.29, 0.717) is 26.2 Å². The normalized spacial score (nSPS) is 17.7. The number of hydrogen-bond donors (Lipinski definition) is 0. The average molecular weight is 322 g/mol. The van der Waals surface area contributed by atoms with E-state index in [-0.39, 0.29) is 12.7 Å². The first-order valence-corrected chi connectivity index (χ1v) is 8.10. The third-order valence-electron chi connectivity index (χ3n) is 3.46. The number of ether oxygens (including phenoxy) is 4. The van der Waals surface area contributed by atoms with E-state index in [1.54, 1.807) is 7.11 Å². The van der Waals surface area contributed by atoms with Gasteiger partial charge < -0.3 is 18.9 Å². The molecule has 1 aliphatic heterocycles. The molecule has 0 bridgehead atoms. The van der Waals surface area contributed by atoms with Crippen LogP contribution in [0.3, 0.4) is 0 Å². The fraction of sp³-hybridized carbons (Fsp3) is 0.529. The predicted octanol–water partition coefficient (Wildman–Crippen LogP) is 3.13. The molecule has 0 spiro atoms. The number of benzene rings is 1. The Morgan fingerprint density at radius 2 is 2.00 bits per heavy atom. The van der Waals surface area contributed by atoms with E-state index >= 15 is 0 Å². The van der Waals surface area contributed by atoms with Gasteiger partial charge in [0.05, 0.1) is 19.8 Å². The quantitative estimate of drug-likeness (QED) is 0.334. The first kappa shape index (κ1) is 17.3. The molecule has 1 unspecified atom stereocenters. The van der Waals surface area contributed by atoms with E-state index in [2.05, 4.69) is 11.2 Å². The SMILES string of the molecule is COCOCC(CC#CSc1ccccc1)C1(C)OCCO1. The second-order valence-corrected chi connectivity index (χ2v) is 5.96. The molecule has 22 heavy (non-hydrogen) atoms. The summed E-state index contributed by atoms with van der Waals surface area (Å²) >= 11 is 1.52. The van der Waals surface area contributed by atoms with Crippen molar-refractivity contribution in [3.63, 3.8) is 0 Å². The van der Waals surface area contributed by atoms with Crippen molar-refractivity contribution in [2.45, 2.75) is 24.0 Å². The zero-order chi connectivity index (χ0) is 15.7. The molecule has 0 N–H and O–H groups in total. The highest BCUT2D eigenvalue weighted by atomic mass is 32.2. The minimum atomic E-state index is -0.625. The molecule has 0 saturated carbocycles. The summed E-state index contributed by atoms with van der Waals surface area (Å²) < 4.78 is 21.9. The van der Waals surface area contributed by atoms with E-state index in [4.69, 9.17) is 18.9 Å². The van der Waals surface area contributed by atoms with E-state index in [9.17, 15) is 0 Å². The van der Waals surface area contributed by atoms with Crippen LogP contribution in [0.2, 0.25) is 0 Å². The summed E-state index contributed by atoms with van der Waals surface area (Å²) in [6.07, 6.45) is 0.653. The van der Waals surface area contributed by atoms with Gasteiger partial charge in [0.1, 0.15) is 6.79 Å². The van der Waals surface area contributed by atoms with Gasteiger partial charge in [-0.05, 0) is 36.1 Å². The number of thioether (sulfide) groups is 1. The van der Waals surface area contributed by atoms with E-state index in [1.165, 1.54) is 11.8 Å². The van der Waals surface area contributed by atoms with E-state index in [1.807, 2.05) is 37.3 Å². The molecule has 1 atom stereocenters. The van der Waals surface area contributed by atoms with Crippen molar-refractivity contribution < 1.29 is 18.9 Å². The lowest BCUT2D eigenvalue weighted by atomic mass is 9.97. The van der Waals surface area contributed by atoms with Crippen LogP contribution in [0.25, 0.3) is 0 Å². The molecule has 0 amide bonds. The molecule has 1 aliphatic rings. The minimum Gasteiger partial charge on any atom is -0.359 e. The lowest BCUT2D eigenvalue weighted by molar-refractivity contribution is -0.198. The Morgan fingerprint density at radius 1 is 1.27 bits per heavy atom. The maximum Gasteiger partial charge on any atom is 0.171 e. The number of hydrogen-bond acceptors (Lipinski definition) is 5. The van der Waals surface area contributed by atoms with Crippen molar-refractivity contribution in [3.8, 4) is 11.2 Å². The fourth-order valence-electron chi connectivity index (χ4n) is 2.18. The van der Waals surface area contributed by atoms with Crippen LogP contribution in [-0.2, 0) is 18.9 Å². The third-order valence-corrected chi connectivity index (χ3v) is 4.21. The molecule has 4 nitrogen and oxygen atoms in total. The van der Waals surface area contributed by atoms with Gasteiger partial charge in [-0.1, -0.05) is 24.1 Å². The Morgan fingerprint density at radius 3 is 2.68 bits per heavy atom. The molecular weight excluding hydrogens is 300 g/mol. The van der Waals surface area contributed by atoms with Gasteiger partial charge in [-0.3, -0.25) is 0 Å². The van der Waals surface area contributed by atoms with Crippen LogP contribution in [0.4, 0.5) is 0 Å². The van der Waals surface area contributed by atoms with Crippen LogP contribution >= 0.6 is 11.8 Å². The van der Waals surface area contributed by atoms with Gasteiger partial charge in [-0.2, -0.15) is 0 Å². The van der Waals surface area contributed by atoms with Crippen LogP contribution in [0, 0.1) is 17.1 Å². The van der Waals surface area contributed by atoms with Crippen LogP contribution in [0.15, 0.2) is 35.2 Å². The highest BCUT2D eigenvalue weighted by molar-refractivity contribution is 8.03. The molecule has 1 aromatic rings. The van der Waals surface area contributed by atoms with Gasteiger partial charge >= 0.3 is 0 Å². The third kappa shape index (κ3) is 5.31. The van der Waals surface area contributed by atoms with E-state index in [0.717, 1.165) is 4.90 Å². The first-order chi connectivity index (χ1) is 10.7. The second-order valence-electron chi connectivity index (χ2n) is 5.09. The van der Waals surface area contributed by atoms with Gasteiger partial charge in [0, 0.05) is 24.3 Å². The molecular formula is C17H22O4S. The molecule has 1 heterocycles. The van der Waals surface area contributed by atoms with Crippen molar-refractivity contribution in [1.29, 1.82) is 0 Å². The molecule has 2 rings (SSSR count). The first-order valence-electron chi connectivity index (χ1n) is 7.29. The average Bonchev–Trinajstić information content (AvgIpc) is 2.98. The Kier molecular flexibility index (Phi) is 7.23. The van der Waals surface area contributed by atoms with Crippen LogP contribution in [0.5, 0.6) is 0 Å². The molecule has 5 heteroatoms. The largest absolute Gasteiger partial charge is 0.359 e. The Balaban J connectivity index is 1.89. The minimum absolute atomic E-state index is 0.0500. The van der Waals surface area contributed by atoms with Crippen molar-refractivity contribution in [2.75, 3.05) is 33.7 Å². The van der Waals surface area contributed by atoms with Gasteiger partial charge in [-0.15, -0.1) is 0 Å². The monoisotopic (exact) mass is 322 g/mol. The van der Waals surface area contributed by atoms with Gasteiger partial charge in [-0.25, -0.2) is 0 Å². The van der Waals surface area contributed by atoms with Crippen molar-refractivity contribution >= 4 is 11.8 Å². The summed E-state index contributed by atoms with van der Waals surface area (Å²) in [7, 11) is 1.61. The summed E-state index contributed by atoms with van der Waals surface area (Å²) in [5.74, 6) is 2.62. The van der Waals surface area contributed by atoms with Crippen LogP contribution < -0.4 is 0 Å². The maximum absolute atomic E-state index is 5.73. The fourth-order valence-corrected chi connectivity index (χ4v) is 2.75. The van der Waals surface area contributed by atoms with Crippen molar-refractivity contribution in [2.24, 2.45) is 5.92 Å². The molecule has 1 saturated heterocycles. The van der Waals surface area contributed by atoms with Crippen LogP contribution in [-0.4, -0.2) is 39.5 Å². The second kappa shape index (κ2) is 9.19. The zero-order valence-electron chi connectivity index (χ0n) is 13.0. The molecule has 0 radical (unpaired) electrons. The summed E-state index contributed by atoms with van der Waals surface area (Å²) in [5, 5.41) is 3.13. The topological polar surface area (TPSA) is 36.9 Å². The molecule has 0 aromatic heterocycles. The summed E-state index contributed by atoms with van der Waals surface area (Å²) in [5.41, 5.74) is 0. The Hall–Kier alpha value is -1.03. The molecule has 120 valence electrons. The van der Waals surface area contributed by atoms with Gasteiger partial charge in [0.25, 0.3) is 0 Å². The summed E-state index contributed by atoms with van der Waals surface area (Å²) in [6, 6.07) is 10.1. The highest BCUT2D eigenvalue weighted by Gasteiger charge is 2.39. The number of rotatable bonds is 7. The zero-order valence-corrected chi connectivity index (χ0v) is 13.9. The Bertz CT molecular complexity index is 488. The van der Waals surface area contributed by atoms with Crippen molar-refractivity contribution in [1.82, 2.24) is 0 Å². The van der Waals surface area contributed by atoms with Crippen molar-refractivity contribution in [3.05, 3.63) is 30.3 Å². The summed E-state index contributed by atoms with van der Waals surface area (Å²) in [4.78, 5) is 1.14. The Labute approximate surface area is 136 Å². The maximum atomic E-state index is 5.73. The molecule has 0 aliphatic carbocycles. The van der Waals surface area contributed by atoms with Gasteiger partial charge in [0.15, 0.2) is 5.79 Å². The standard InChI is InChI=1S/C17H22O4S/c1-17(20-10-11-21-17)15(13-19-14-18-2)7-6-12-22-16-8-4-3-5-9-16/h3-5,8-9,15H,7,10-11,13-14H2,1-2H3. The lowest BCUT2D eigenvalue weighted by Crippen LogP contribution is -2.38.